The van der Waals surface area contributed by atoms with Gasteiger partial charge in [0, 0.05) is 31.6 Å². The van der Waals surface area contributed by atoms with Gasteiger partial charge in [0.1, 0.15) is 23.3 Å². The van der Waals surface area contributed by atoms with Crippen molar-refractivity contribution in [1.82, 2.24) is 14.9 Å². The summed E-state index contributed by atoms with van der Waals surface area (Å²) >= 11 is 0. The van der Waals surface area contributed by atoms with E-state index in [1.165, 1.54) is 17.9 Å². The number of nitrogens with zero attached hydrogens (tertiary/aromatic N) is 6. The lowest BCUT2D eigenvalue weighted by molar-refractivity contribution is -0.137. The zero-order chi connectivity index (χ0) is 30.8. The molecule has 224 valence electrons. The molecule has 0 aliphatic carbocycles. The smallest absolute Gasteiger partial charge is 0.416 e. The molecule has 0 unspecified atom stereocenters. The van der Waals surface area contributed by atoms with Crippen LogP contribution in [0.1, 0.15) is 40.6 Å². The van der Waals surface area contributed by atoms with Gasteiger partial charge >= 0.3 is 6.18 Å². The number of alkyl halides is 3. The highest BCUT2D eigenvalue weighted by Gasteiger charge is 2.49. The Hall–Kier alpha value is -4.68. The number of hydrogen-bond donors (Lipinski definition) is 0. The maximum absolute atomic E-state index is 14.0. The summed E-state index contributed by atoms with van der Waals surface area (Å²) in [4.78, 5) is 54.5. The van der Waals surface area contributed by atoms with Crippen molar-refractivity contribution < 1.29 is 32.0 Å². The summed E-state index contributed by atoms with van der Waals surface area (Å²) < 4.78 is 47.1. The summed E-state index contributed by atoms with van der Waals surface area (Å²) in [6.45, 7) is 7.87. The van der Waals surface area contributed by atoms with Crippen LogP contribution in [0.4, 0.5) is 30.4 Å². The highest BCUT2D eigenvalue weighted by Crippen LogP contribution is 2.42. The number of halogens is 3. The Bertz CT molecular complexity index is 1640. The zero-order valence-electron chi connectivity index (χ0n) is 23.8. The van der Waals surface area contributed by atoms with Crippen LogP contribution >= 0.6 is 0 Å². The van der Waals surface area contributed by atoms with Crippen LogP contribution in [-0.2, 0) is 40.2 Å². The largest absolute Gasteiger partial charge is 0.441 e. The number of likely N-dealkylation sites (N-methyl/N-ethyl adjacent to an activating group) is 1. The first-order valence-electron chi connectivity index (χ1n) is 13.7. The third-order valence-electron chi connectivity index (χ3n) is 8.19. The maximum atomic E-state index is 14.0. The number of amides is 3. The molecule has 3 aromatic rings. The second kappa shape index (κ2) is 10.2. The van der Waals surface area contributed by atoms with Gasteiger partial charge in [-0.25, -0.2) is 9.97 Å². The van der Waals surface area contributed by atoms with E-state index in [-0.39, 0.29) is 43.5 Å². The molecule has 2 aromatic heterocycles. The Morgan fingerprint density at radius 3 is 2.63 bits per heavy atom. The van der Waals surface area contributed by atoms with Gasteiger partial charge in [0.25, 0.3) is 0 Å². The van der Waals surface area contributed by atoms with E-state index in [0.717, 1.165) is 28.3 Å². The molecular formula is C30H29F3N6O4. The molecule has 1 saturated heterocycles. The van der Waals surface area contributed by atoms with E-state index in [2.05, 4.69) is 16.5 Å². The summed E-state index contributed by atoms with van der Waals surface area (Å²) in [7, 11) is 1.60. The standard InChI is InChI=1S/C30H29F3N6O4/c1-5-25(40)37-13-20-22(14-37)43-24(35-20)15-38-12-18-10-26(41)39(23-11-19(30(31,32)33)9-17(3)34-23)28(18)29(42)36(4)21-8-6-7-16(2)27(21)38/h5-9,11,18,28H,1,10,12-15H2,2-4H3/t18-,28+/m1/s1. The number of rotatable bonds is 4. The summed E-state index contributed by atoms with van der Waals surface area (Å²) in [5.41, 5.74) is 2.02. The molecule has 1 fully saturated rings. The molecule has 3 amide bonds. The zero-order valence-corrected chi connectivity index (χ0v) is 23.8. The quantitative estimate of drug-likeness (QED) is 0.419. The summed E-state index contributed by atoms with van der Waals surface area (Å²) in [6.07, 6.45) is -3.46. The number of fused-ring (bicyclic) bond motifs is 3. The Morgan fingerprint density at radius 1 is 1.16 bits per heavy atom. The molecule has 0 N–H and O–H groups in total. The number of benzene rings is 1. The number of carbonyl (C=O) groups excluding carboxylic acids is 3. The minimum absolute atomic E-state index is 0.0559. The van der Waals surface area contributed by atoms with Gasteiger partial charge in [-0.15, -0.1) is 0 Å². The Morgan fingerprint density at radius 2 is 1.93 bits per heavy atom. The minimum Gasteiger partial charge on any atom is -0.441 e. The number of aryl methyl sites for hydroxylation is 2. The highest BCUT2D eigenvalue weighted by atomic mass is 19.4. The molecular weight excluding hydrogens is 565 g/mol. The number of para-hydroxylation sites is 1. The molecule has 5 heterocycles. The van der Waals surface area contributed by atoms with Crippen LogP contribution in [-0.4, -0.2) is 52.2 Å². The van der Waals surface area contributed by atoms with Crippen molar-refractivity contribution >= 4 is 34.9 Å². The lowest BCUT2D eigenvalue weighted by atomic mass is 9.95. The van der Waals surface area contributed by atoms with Gasteiger partial charge in [-0.2, -0.15) is 13.2 Å². The second-order valence-corrected chi connectivity index (χ2v) is 11.1. The molecule has 2 atom stereocenters. The normalized spacial score (nSPS) is 20.1. The van der Waals surface area contributed by atoms with E-state index in [9.17, 15) is 27.6 Å². The van der Waals surface area contributed by atoms with Crippen molar-refractivity contribution in [3.8, 4) is 0 Å². The molecule has 43 heavy (non-hydrogen) atoms. The lowest BCUT2D eigenvalue weighted by Gasteiger charge is -2.39. The molecule has 13 heteroatoms. The Labute approximate surface area is 245 Å². The molecule has 0 radical (unpaired) electrons. The van der Waals surface area contributed by atoms with Crippen LogP contribution in [0.15, 0.2) is 47.4 Å². The third kappa shape index (κ3) is 4.92. The number of anilines is 3. The SMILES string of the molecule is C=CC(=O)N1Cc2nc(CN3C[C@H]4CC(=O)N(c5cc(C(F)(F)F)cc(C)n5)[C@@H]4C(=O)N(C)c4cccc(C)c43)oc2C1. The van der Waals surface area contributed by atoms with Gasteiger partial charge in [0.05, 0.1) is 36.6 Å². The first-order chi connectivity index (χ1) is 20.3. The van der Waals surface area contributed by atoms with Gasteiger partial charge in [-0.05, 0) is 43.7 Å². The van der Waals surface area contributed by atoms with Crippen molar-refractivity contribution in [2.24, 2.45) is 5.92 Å². The van der Waals surface area contributed by atoms with Crippen LogP contribution in [0.25, 0.3) is 0 Å². The number of oxazole rings is 1. The van der Waals surface area contributed by atoms with Crippen LogP contribution in [0.3, 0.4) is 0 Å². The first-order valence-corrected chi connectivity index (χ1v) is 13.7. The van der Waals surface area contributed by atoms with Gasteiger partial charge in [-0.1, -0.05) is 18.7 Å². The van der Waals surface area contributed by atoms with Gasteiger partial charge in [0.2, 0.25) is 23.6 Å². The van der Waals surface area contributed by atoms with Crippen molar-refractivity contribution in [3.63, 3.8) is 0 Å². The molecule has 6 rings (SSSR count). The average molecular weight is 595 g/mol. The van der Waals surface area contributed by atoms with E-state index in [0.29, 0.717) is 29.6 Å². The van der Waals surface area contributed by atoms with Crippen molar-refractivity contribution in [3.05, 3.63) is 77.2 Å². The second-order valence-electron chi connectivity index (χ2n) is 11.1. The van der Waals surface area contributed by atoms with Crippen LogP contribution in [0.5, 0.6) is 0 Å². The highest BCUT2D eigenvalue weighted by molar-refractivity contribution is 6.10. The van der Waals surface area contributed by atoms with Crippen LogP contribution < -0.4 is 14.7 Å². The third-order valence-corrected chi connectivity index (χ3v) is 8.19. The topological polar surface area (TPSA) is 103 Å². The Balaban J connectivity index is 1.38. The van der Waals surface area contributed by atoms with Crippen molar-refractivity contribution in [1.29, 1.82) is 0 Å². The first kappa shape index (κ1) is 28.4. The molecule has 0 spiro atoms. The summed E-state index contributed by atoms with van der Waals surface area (Å²) in [5, 5.41) is 0. The van der Waals surface area contributed by atoms with Crippen LogP contribution in [0, 0.1) is 19.8 Å². The molecule has 0 bridgehead atoms. The van der Waals surface area contributed by atoms with Gasteiger partial charge in [0.15, 0.2) is 0 Å². The predicted octanol–water partition coefficient (Wildman–Crippen LogP) is 4.14. The predicted molar refractivity (Wildman–Crippen MR) is 150 cm³/mol. The fourth-order valence-electron chi connectivity index (χ4n) is 6.26. The van der Waals surface area contributed by atoms with Crippen molar-refractivity contribution in [2.75, 3.05) is 28.3 Å². The monoisotopic (exact) mass is 594 g/mol. The van der Waals surface area contributed by atoms with Crippen molar-refractivity contribution in [2.45, 2.75) is 52.1 Å². The lowest BCUT2D eigenvalue weighted by Crippen LogP contribution is -2.52. The summed E-state index contributed by atoms with van der Waals surface area (Å²) in [6, 6.07) is 6.18. The average Bonchev–Trinajstić information content (AvgIpc) is 3.61. The number of hydrogen-bond acceptors (Lipinski definition) is 7. The molecule has 1 aromatic carbocycles. The number of aromatic nitrogens is 2. The van der Waals surface area contributed by atoms with Gasteiger partial charge in [-0.3, -0.25) is 19.3 Å². The minimum atomic E-state index is -4.65. The van der Waals surface area contributed by atoms with E-state index in [4.69, 9.17) is 4.42 Å². The van der Waals surface area contributed by atoms with Gasteiger partial charge < -0.3 is 19.1 Å². The van der Waals surface area contributed by atoms with E-state index >= 15 is 0 Å². The fourth-order valence-corrected chi connectivity index (χ4v) is 6.26. The Kier molecular flexibility index (Phi) is 6.78. The fraction of sp³-hybridized carbons (Fsp3) is 0.367. The van der Waals surface area contributed by atoms with E-state index < -0.39 is 35.5 Å². The summed E-state index contributed by atoms with van der Waals surface area (Å²) in [5.74, 6) is -0.884. The molecule has 3 aliphatic heterocycles. The number of pyridine rings is 1. The molecule has 3 aliphatic rings. The molecule has 10 nitrogen and oxygen atoms in total. The molecule has 0 saturated carbocycles. The van der Waals surface area contributed by atoms with E-state index in [1.807, 2.05) is 24.0 Å². The van der Waals surface area contributed by atoms with Crippen LogP contribution in [0.2, 0.25) is 0 Å². The maximum Gasteiger partial charge on any atom is 0.416 e. The van der Waals surface area contributed by atoms with E-state index in [1.54, 1.807) is 18.0 Å². The number of carbonyl (C=O) groups is 3.